The van der Waals surface area contributed by atoms with Crippen LogP contribution in [0, 0.1) is 5.92 Å². The first-order chi connectivity index (χ1) is 22.9. The molecule has 2 atom stereocenters. The van der Waals surface area contributed by atoms with Crippen LogP contribution in [-0.4, -0.2) is 70.9 Å². The quantitative estimate of drug-likeness (QED) is 0.134. The van der Waals surface area contributed by atoms with Crippen molar-refractivity contribution in [3.05, 3.63) is 70.2 Å². The lowest BCUT2D eigenvalue weighted by atomic mass is 9.98. The Morgan fingerprint density at radius 1 is 0.894 bits per heavy atom. The van der Waals surface area contributed by atoms with Crippen LogP contribution in [0.1, 0.15) is 37.6 Å². The Labute approximate surface area is 284 Å². The number of aliphatic hydroxyl groups is 1. The van der Waals surface area contributed by atoms with E-state index in [1.807, 2.05) is 43.3 Å². The Bertz CT molecular complexity index is 1700. The van der Waals surface area contributed by atoms with E-state index in [1.54, 1.807) is 26.6 Å². The van der Waals surface area contributed by atoms with Gasteiger partial charge in [0, 0.05) is 67.5 Å². The number of aromatic nitrogens is 4. The van der Waals surface area contributed by atoms with Crippen molar-refractivity contribution >= 4 is 29.1 Å². The maximum atomic E-state index is 11.5. The molecule has 1 aliphatic rings. The summed E-state index contributed by atoms with van der Waals surface area (Å²) in [5.74, 6) is 1.04. The molecule has 2 aromatic heterocycles. The SMILES string of the molecule is CC[C@@H](CO)CNCc1ncc(-c2cccc(-c3cccc(-c4cnc(CNC[C@@H]5CCC(=O)N5)c(OC)n4)c3Cl)c2Cl)nc1OC. The normalized spacial score (nSPS) is 15.0. The molecular weight excluding hydrogens is 641 g/mol. The number of halogens is 2. The van der Waals surface area contributed by atoms with E-state index in [1.165, 1.54) is 0 Å². The molecule has 13 heteroatoms. The molecule has 0 aliphatic carbocycles. The number of nitrogens with one attached hydrogen (secondary N) is 3. The van der Waals surface area contributed by atoms with Gasteiger partial charge in [0.05, 0.1) is 48.0 Å². The lowest BCUT2D eigenvalue weighted by Gasteiger charge is -2.16. The van der Waals surface area contributed by atoms with E-state index in [2.05, 4.69) is 25.9 Å². The van der Waals surface area contributed by atoms with Crippen LogP contribution >= 0.6 is 23.2 Å². The smallest absolute Gasteiger partial charge is 0.237 e. The summed E-state index contributed by atoms with van der Waals surface area (Å²) in [5, 5.41) is 20.0. The molecule has 0 spiro atoms. The number of ether oxygens (including phenoxy) is 2. The van der Waals surface area contributed by atoms with Gasteiger partial charge in [0.15, 0.2) is 0 Å². The van der Waals surface area contributed by atoms with Crippen LogP contribution in [0.5, 0.6) is 11.8 Å². The summed E-state index contributed by atoms with van der Waals surface area (Å²) in [6.07, 6.45) is 5.59. The fourth-order valence-electron chi connectivity index (χ4n) is 5.43. The van der Waals surface area contributed by atoms with Crippen LogP contribution in [0.2, 0.25) is 10.0 Å². The average Bonchev–Trinajstić information content (AvgIpc) is 3.51. The second kappa shape index (κ2) is 16.3. The zero-order chi connectivity index (χ0) is 33.3. The average molecular weight is 681 g/mol. The van der Waals surface area contributed by atoms with Crippen molar-refractivity contribution in [2.24, 2.45) is 5.92 Å². The highest BCUT2D eigenvalue weighted by Crippen LogP contribution is 2.42. The number of rotatable bonds is 15. The molecule has 0 radical (unpaired) electrons. The van der Waals surface area contributed by atoms with E-state index < -0.39 is 0 Å². The summed E-state index contributed by atoms with van der Waals surface area (Å²) in [7, 11) is 3.11. The lowest BCUT2D eigenvalue weighted by Crippen LogP contribution is -2.35. The van der Waals surface area contributed by atoms with Gasteiger partial charge < -0.3 is 30.5 Å². The Balaban J connectivity index is 1.37. The maximum absolute atomic E-state index is 11.5. The highest BCUT2D eigenvalue weighted by atomic mass is 35.5. The highest BCUT2D eigenvalue weighted by molar-refractivity contribution is 6.39. The summed E-state index contributed by atoms with van der Waals surface area (Å²) < 4.78 is 11.1. The van der Waals surface area contributed by atoms with Gasteiger partial charge in [-0.3, -0.25) is 14.8 Å². The Hall–Kier alpha value is -3.87. The molecule has 1 fully saturated rings. The molecule has 0 saturated carbocycles. The molecule has 1 saturated heterocycles. The van der Waals surface area contributed by atoms with Gasteiger partial charge in [0.1, 0.15) is 11.4 Å². The number of amides is 1. The summed E-state index contributed by atoms with van der Waals surface area (Å²) in [4.78, 5) is 30.1. The van der Waals surface area contributed by atoms with E-state index in [-0.39, 0.29) is 24.5 Å². The van der Waals surface area contributed by atoms with Crippen LogP contribution in [0.3, 0.4) is 0 Å². The van der Waals surface area contributed by atoms with Crippen LogP contribution < -0.4 is 25.4 Å². The van der Waals surface area contributed by atoms with E-state index >= 15 is 0 Å². The Morgan fingerprint density at radius 2 is 1.43 bits per heavy atom. The maximum Gasteiger partial charge on any atom is 0.237 e. The van der Waals surface area contributed by atoms with Gasteiger partial charge in [-0.05, 0) is 18.8 Å². The van der Waals surface area contributed by atoms with Crippen molar-refractivity contribution < 1.29 is 19.4 Å². The van der Waals surface area contributed by atoms with Gasteiger partial charge >= 0.3 is 0 Å². The molecule has 3 heterocycles. The summed E-state index contributed by atoms with van der Waals surface area (Å²) in [6.45, 7) is 4.36. The van der Waals surface area contributed by atoms with Crippen LogP contribution in [-0.2, 0) is 17.9 Å². The van der Waals surface area contributed by atoms with Crippen molar-refractivity contribution in [3.63, 3.8) is 0 Å². The number of carbonyl (C=O) groups is 1. The first kappa shape index (κ1) is 34.5. The number of hydrogen-bond acceptors (Lipinski definition) is 10. The van der Waals surface area contributed by atoms with Gasteiger partial charge in [0.25, 0.3) is 0 Å². The molecule has 1 aliphatic heterocycles. The summed E-state index contributed by atoms with van der Waals surface area (Å²) in [6, 6.07) is 11.5. The van der Waals surface area contributed by atoms with Gasteiger partial charge in [-0.15, -0.1) is 0 Å². The van der Waals surface area contributed by atoms with E-state index in [9.17, 15) is 9.90 Å². The molecule has 0 unspecified atom stereocenters. The van der Waals surface area contributed by atoms with Crippen molar-refractivity contribution in [3.8, 4) is 45.4 Å². The predicted octanol–water partition coefficient (Wildman–Crippen LogP) is 5.07. The van der Waals surface area contributed by atoms with Crippen molar-refractivity contribution in [2.45, 2.75) is 45.3 Å². The van der Waals surface area contributed by atoms with Gasteiger partial charge in [-0.1, -0.05) is 66.5 Å². The minimum Gasteiger partial charge on any atom is -0.480 e. The first-order valence-corrected chi connectivity index (χ1v) is 16.3. The predicted molar refractivity (Wildman–Crippen MR) is 182 cm³/mol. The Kier molecular flexibility index (Phi) is 12.0. The molecular formula is C34H39Cl2N7O4. The Morgan fingerprint density at radius 3 is 1.89 bits per heavy atom. The largest absolute Gasteiger partial charge is 0.480 e. The van der Waals surface area contributed by atoms with Gasteiger partial charge in [-0.2, -0.15) is 0 Å². The lowest BCUT2D eigenvalue weighted by molar-refractivity contribution is -0.119. The van der Waals surface area contributed by atoms with E-state index in [4.69, 9.17) is 42.6 Å². The van der Waals surface area contributed by atoms with Crippen LogP contribution in [0.15, 0.2) is 48.8 Å². The minimum absolute atomic E-state index is 0.0816. The second-order valence-corrected chi connectivity index (χ2v) is 12.0. The third-order valence-corrected chi connectivity index (χ3v) is 8.99. The van der Waals surface area contributed by atoms with Gasteiger partial charge in [0.2, 0.25) is 17.7 Å². The second-order valence-electron chi connectivity index (χ2n) is 11.3. The van der Waals surface area contributed by atoms with Crippen LogP contribution in [0.25, 0.3) is 33.6 Å². The first-order valence-electron chi connectivity index (χ1n) is 15.6. The fraction of sp³-hybridized carbons (Fsp3) is 0.382. The molecule has 2 aromatic carbocycles. The summed E-state index contributed by atoms with van der Waals surface area (Å²) >= 11 is 14.1. The molecule has 4 aromatic rings. The number of benzene rings is 2. The third-order valence-electron chi connectivity index (χ3n) is 8.18. The zero-order valence-electron chi connectivity index (χ0n) is 26.6. The van der Waals surface area contributed by atoms with Crippen LogP contribution in [0.4, 0.5) is 0 Å². The van der Waals surface area contributed by atoms with Crippen molar-refractivity contribution in [1.82, 2.24) is 35.9 Å². The van der Waals surface area contributed by atoms with Gasteiger partial charge in [-0.25, -0.2) is 9.97 Å². The molecule has 248 valence electrons. The topological polar surface area (TPSA) is 143 Å². The fourth-order valence-corrected chi connectivity index (χ4v) is 6.08. The minimum atomic E-state index is 0.0816. The third kappa shape index (κ3) is 8.17. The number of nitrogens with zero attached hydrogens (tertiary/aromatic N) is 4. The molecule has 0 bridgehead atoms. The number of methoxy groups -OCH3 is 2. The zero-order valence-corrected chi connectivity index (χ0v) is 28.2. The molecule has 47 heavy (non-hydrogen) atoms. The molecule has 5 rings (SSSR count). The summed E-state index contributed by atoms with van der Waals surface area (Å²) in [5.41, 5.74) is 5.21. The monoisotopic (exact) mass is 679 g/mol. The van der Waals surface area contributed by atoms with Crippen molar-refractivity contribution in [1.29, 1.82) is 0 Å². The van der Waals surface area contributed by atoms with E-state index in [0.717, 1.165) is 24.0 Å². The highest BCUT2D eigenvalue weighted by Gasteiger charge is 2.21. The number of carbonyl (C=O) groups excluding carboxylic acids is 1. The molecule has 1 amide bonds. The molecule has 4 N–H and O–H groups in total. The van der Waals surface area contributed by atoms with E-state index in [0.29, 0.717) is 88.3 Å². The number of aliphatic hydroxyl groups excluding tert-OH is 1. The van der Waals surface area contributed by atoms with Crippen molar-refractivity contribution in [2.75, 3.05) is 33.9 Å². The number of hydrogen-bond donors (Lipinski definition) is 4. The molecule has 11 nitrogen and oxygen atoms in total. The standard InChI is InChI=1S/C34H39Cl2N7O4/c1-4-20(19-44)13-37-15-28-33(46-2)42-26(17-39-28)24-9-5-7-22(31(24)35)23-8-6-10-25(32(23)36)27-18-40-29(34(43-27)47-3)16-38-14-21-11-12-30(45)41-21/h5-10,17-18,20-21,37-38,44H,4,11-16,19H2,1-3H3,(H,41,45)/t20-,21+/m1/s1.